The van der Waals surface area contributed by atoms with Crippen molar-refractivity contribution >= 4 is 34.5 Å². The Balaban J connectivity index is 1.81. The summed E-state index contributed by atoms with van der Waals surface area (Å²) < 4.78 is 0. The number of phenolic OH excluding ortho intramolecular Hbond substituents is 1. The molecule has 2 aromatic rings. The zero-order valence-electron chi connectivity index (χ0n) is 13.0. The van der Waals surface area contributed by atoms with E-state index in [1.807, 2.05) is 6.92 Å². The number of benzene rings is 1. The van der Waals surface area contributed by atoms with Gasteiger partial charge in [-0.2, -0.15) is 5.10 Å². The van der Waals surface area contributed by atoms with Crippen molar-refractivity contribution in [1.29, 1.82) is 0 Å². The molecule has 9 heteroatoms. The van der Waals surface area contributed by atoms with Crippen molar-refractivity contribution in [1.82, 2.24) is 15.6 Å². The Morgan fingerprint density at radius 1 is 1.25 bits per heavy atom. The molecule has 0 aliphatic carbocycles. The van der Waals surface area contributed by atoms with Gasteiger partial charge in [-0.05, 0) is 36.2 Å². The first-order valence-electron chi connectivity index (χ1n) is 7.30. The minimum Gasteiger partial charge on any atom is -0.508 e. The number of hydrogen-bond acceptors (Lipinski definition) is 7. The first-order chi connectivity index (χ1) is 11.6. The van der Waals surface area contributed by atoms with Crippen molar-refractivity contribution in [2.45, 2.75) is 26.2 Å². The zero-order valence-corrected chi connectivity index (χ0v) is 13.8. The average molecular weight is 347 g/mol. The molecule has 3 N–H and O–H groups in total. The number of amides is 2. The van der Waals surface area contributed by atoms with Crippen LogP contribution in [0.4, 0.5) is 5.13 Å². The highest BCUT2D eigenvalue weighted by Crippen LogP contribution is 2.16. The van der Waals surface area contributed by atoms with Crippen molar-refractivity contribution in [2.24, 2.45) is 5.10 Å². The minimum absolute atomic E-state index is 0.0221. The molecule has 24 heavy (non-hydrogen) atoms. The first-order valence-corrected chi connectivity index (χ1v) is 8.11. The smallest absolute Gasteiger partial charge is 0.247 e. The van der Waals surface area contributed by atoms with Crippen molar-refractivity contribution in [3.8, 4) is 5.75 Å². The maximum Gasteiger partial charge on any atom is 0.247 e. The quantitative estimate of drug-likeness (QED) is 0.520. The zero-order chi connectivity index (χ0) is 17.4. The van der Waals surface area contributed by atoms with E-state index in [1.54, 1.807) is 12.1 Å². The molecule has 0 bridgehead atoms. The third-order valence-corrected chi connectivity index (χ3v) is 3.64. The molecule has 2 amide bonds. The lowest BCUT2D eigenvalue weighted by atomic mass is 10.2. The van der Waals surface area contributed by atoms with Crippen LogP contribution in [0.5, 0.6) is 5.75 Å². The first kappa shape index (κ1) is 17.5. The molecule has 0 atom stereocenters. The van der Waals surface area contributed by atoms with E-state index in [0.717, 1.165) is 23.3 Å². The molecule has 0 fully saturated rings. The van der Waals surface area contributed by atoms with E-state index >= 15 is 0 Å². The van der Waals surface area contributed by atoms with Gasteiger partial charge in [0.2, 0.25) is 16.9 Å². The molecule has 2 rings (SSSR count). The van der Waals surface area contributed by atoms with Crippen LogP contribution in [-0.2, 0) is 16.0 Å². The number of nitrogens with zero attached hydrogens (tertiary/aromatic N) is 3. The Kier molecular flexibility index (Phi) is 6.38. The van der Waals surface area contributed by atoms with E-state index in [2.05, 4.69) is 26.0 Å². The van der Waals surface area contributed by atoms with Crippen LogP contribution in [0.1, 0.15) is 30.3 Å². The summed E-state index contributed by atoms with van der Waals surface area (Å²) in [4.78, 5) is 23.2. The van der Waals surface area contributed by atoms with E-state index in [1.165, 1.54) is 18.3 Å². The number of hydrazone groups is 1. The number of carbonyl (C=O) groups is 2. The van der Waals surface area contributed by atoms with E-state index in [0.29, 0.717) is 16.6 Å². The van der Waals surface area contributed by atoms with Crippen LogP contribution in [0.2, 0.25) is 0 Å². The molecule has 1 heterocycles. The molecule has 0 unspecified atom stereocenters. The number of carbonyl (C=O) groups excluding carboxylic acids is 2. The largest absolute Gasteiger partial charge is 0.508 e. The van der Waals surface area contributed by atoms with Gasteiger partial charge in [0.25, 0.3) is 0 Å². The Morgan fingerprint density at radius 2 is 2.00 bits per heavy atom. The third kappa shape index (κ3) is 5.76. The summed E-state index contributed by atoms with van der Waals surface area (Å²) in [6.07, 6.45) is 2.66. The molecule has 0 radical (unpaired) electrons. The number of phenols is 1. The molecule has 0 aliphatic rings. The highest BCUT2D eigenvalue weighted by molar-refractivity contribution is 7.15. The predicted molar refractivity (Wildman–Crippen MR) is 91.0 cm³/mol. The molecule has 0 saturated heterocycles. The van der Waals surface area contributed by atoms with Gasteiger partial charge in [0, 0.05) is 6.42 Å². The van der Waals surface area contributed by atoms with Gasteiger partial charge in [-0.1, -0.05) is 18.3 Å². The normalized spacial score (nSPS) is 10.7. The summed E-state index contributed by atoms with van der Waals surface area (Å²) in [5.41, 5.74) is 3.12. The molecule has 0 aliphatic heterocycles. The van der Waals surface area contributed by atoms with Gasteiger partial charge in [-0.15, -0.1) is 10.2 Å². The molecular weight excluding hydrogens is 330 g/mol. The van der Waals surface area contributed by atoms with Crippen LogP contribution in [0, 0.1) is 0 Å². The van der Waals surface area contributed by atoms with Crippen molar-refractivity contribution in [3.05, 3.63) is 34.8 Å². The standard InChI is InChI=1S/C15H17N5O3S/c1-2-3-12(22)17-15-20-19-14(24-15)8-13(23)18-16-9-10-4-6-11(21)7-5-10/h4-7,9,21H,2-3,8H2,1H3,(H,18,23)(H,17,20,22)/b16-9-. The second-order valence-corrected chi connectivity index (χ2v) is 5.92. The number of hydrogen-bond donors (Lipinski definition) is 3. The lowest BCUT2D eigenvalue weighted by Crippen LogP contribution is -2.19. The van der Waals surface area contributed by atoms with Gasteiger partial charge in [-0.25, -0.2) is 5.43 Å². The van der Waals surface area contributed by atoms with Crippen molar-refractivity contribution in [3.63, 3.8) is 0 Å². The molecule has 0 saturated carbocycles. The summed E-state index contributed by atoms with van der Waals surface area (Å²) >= 11 is 1.15. The third-order valence-electron chi connectivity index (χ3n) is 2.80. The minimum atomic E-state index is -0.340. The highest BCUT2D eigenvalue weighted by atomic mass is 32.1. The molecule has 1 aromatic carbocycles. The van der Waals surface area contributed by atoms with E-state index in [9.17, 15) is 9.59 Å². The summed E-state index contributed by atoms with van der Waals surface area (Å²) in [7, 11) is 0. The Morgan fingerprint density at radius 3 is 2.71 bits per heavy atom. The lowest BCUT2D eigenvalue weighted by molar-refractivity contribution is -0.120. The Bertz CT molecular complexity index is 727. The van der Waals surface area contributed by atoms with Crippen LogP contribution < -0.4 is 10.7 Å². The fraction of sp³-hybridized carbons (Fsp3) is 0.267. The van der Waals surface area contributed by atoms with Crippen LogP contribution in [-0.4, -0.2) is 33.3 Å². The van der Waals surface area contributed by atoms with E-state index < -0.39 is 0 Å². The maximum atomic E-state index is 11.8. The second-order valence-electron chi connectivity index (χ2n) is 4.86. The second kappa shape index (κ2) is 8.73. The predicted octanol–water partition coefficient (Wildman–Crippen LogP) is 1.68. The van der Waals surface area contributed by atoms with Crippen molar-refractivity contribution < 1.29 is 14.7 Å². The van der Waals surface area contributed by atoms with Crippen LogP contribution >= 0.6 is 11.3 Å². The summed E-state index contributed by atoms with van der Waals surface area (Å²) in [5, 5.41) is 24.2. The van der Waals surface area contributed by atoms with Gasteiger partial charge in [-0.3, -0.25) is 9.59 Å². The molecule has 1 aromatic heterocycles. The molecular formula is C15H17N5O3S. The van der Waals surface area contributed by atoms with Gasteiger partial charge in [0.1, 0.15) is 10.8 Å². The van der Waals surface area contributed by atoms with Crippen LogP contribution in [0.15, 0.2) is 29.4 Å². The summed E-state index contributed by atoms with van der Waals surface area (Å²) in [6, 6.07) is 6.39. The number of rotatable bonds is 7. The Labute approximate surface area is 142 Å². The molecule has 0 spiro atoms. The van der Waals surface area contributed by atoms with E-state index in [-0.39, 0.29) is 24.0 Å². The number of aromatic hydroxyl groups is 1. The highest BCUT2D eigenvalue weighted by Gasteiger charge is 2.10. The topological polar surface area (TPSA) is 117 Å². The summed E-state index contributed by atoms with van der Waals surface area (Å²) in [6.45, 7) is 1.91. The van der Waals surface area contributed by atoms with Crippen LogP contribution in [0.25, 0.3) is 0 Å². The number of aromatic nitrogens is 2. The monoisotopic (exact) mass is 347 g/mol. The fourth-order valence-electron chi connectivity index (χ4n) is 1.70. The van der Waals surface area contributed by atoms with Gasteiger partial charge < -0.3 is 10.4 Å². The summed E-state index contributed by atoms with van der Waals surface area (Å²) in [5.74, 6) is -0.301. The number of anilines is 1. The van der Waals surface area contributed by atoms with Gasteiger partial charge in [0.15, 0.2) is 0 Å². The van der Waals surface area contributed by atoms with Gasteiger partial charge >= 0.3 is 0 Å². The van der Waals surface area contributed by atoms with E-state index in [4.69, 9.17) is 5.11 Å². The number of nitrogens with one attached hydrogen (secondary N) is 2. The maximum absolute atomic E-state index is 11.8. The van der Waals surface area contributed by atoms with Gasteiger partial charge in [0.05, 0.1) is 12.6 Å². The molecule has 126 valence electrons. The Hall–Kier alpha value is -2.81. The SMILES string of the molecule is CCCC(=O)Nc1nnc(CC(=O)N/N=C\c2ccc(O)cc2)s1. The average Bonchev–Trinajstić information content (AvgIpc) is 2.96. The molecule has 8 nitrogen and oxygen atoms in total. The fourth-order valence-corrected chi connectivity index (χ4v) is 2.46. The van der Waals surface area contributed by atoms with Crippen molar-refractivity contribution in [2.75, 3.05) is 5.32 Å². The van der Waals surface area contributed by atoms with Crippen LogP contribution in [0.3, 0.4) is 0 Å². The lowest BCUT2D eigenvalue weighted by Gasteiger charge is -1.97.